The molecule has 0 saturated heterocycles. The second-order valence-electron chi connectivity index (χ2n) is 4.90. The van der Waals surface area contributed by atoms with Gasteiger partial charge < -0.3 is 5.32 Å². The Labute approximate surface area is 156 Å². The standard InChI is InChI=1S/C17H15Br2N3O2/c18-13-4-6-15(7-5-13)21-16(23)8-9-17(24)22-20-11-12-2-1-3-14(19)10-12/h1-7,10-11H,8-9H2,(H,21,23)(H,22,24)/b20-11+. The monoisotopic (exact) mass is 451 g/mol. The van der Waals surface area contributed by atoms with Gasteiger partial charge in [0.15, 0.2) is 0 Å². The average molecular weight is 453 g/mol. The highest BCUT2D eigenvalue weighted by Crippen LogP contribution is 2.14. The highest BCUT2D eigenvalue weighted by Gasteiger charge is 2.06. The summed E-state index contributed by atoms with van der Waals surface area (Å²) in [5.41, 5.74) is 3.96. The van der Waals surface area contributed by atoms with Gasteiger partial charge in [-0.15, -0.1) is 0 Å². The maximum Gasteiger partial charge on any atom is 0.240 e. The number of carbonyl (C=O) groups excluding carboxylic acids is 2. The van der Waals surface area contributed by atoms with Crippen LogP contribution in [0, 0.1) is 0 Å². The summed E-state index contributed by atoms with van der Waals surface area (Å²) in [4.78, 5) is 23.5. The molecule has 24 heavy (non-hydrogen) atoms. The summed E-state index contributed by atoms with van der Waals surface area (Å²) in [5.74, 6) is -0.532. The number of hydrazone groups is 1. The van der Waals surface area contributed by atoms with E-state index in [2.05, 4.69) is 47.7 Å². The van der Waals surface area contributed by atoms with Gasteiger partial charge >= 0.3 is 0 Å². The van der Waals surface area contributed by atoms with E-state index in [0.29, 0.717) is 5.69 Å². The zero-order valence-electron chi connectivity index (χ0n) is 12.6. The third-order valence-corrected chi connectivity index (χ3v) is 3.98. The van der Waals surface area contributed by atoms with Gasteiger partial charge in [0.25, 0.3) is 0 Å². The van der Waals surface area contributed by atoms with E-state index in [9.17, 15) is 9.59 Å². The normalized spacial score (nSPS) is 10.6. The Morgan fingerprint density at radius 1 is 0.958 bits per heavy atom. The molecule has 0 aliphatic heterocycles. The second kappa shape index (κ2) is 9.34. The van der Waals surface area contributed by atoms with Crippen molar-refractivity contribution in [2.75, 3.05) is 5.32 Å². The van der Waals surface area contributed by atoms with Crippen molar-refractivity contribution in [1.29, 1.82) is 0 Å². The number of carbonyl (C=O) groups is 2. The molecule has 124 valence electrons. The molecule has 0 fully saturated rings. The molecule has 2 aromatic rings. The number of hydrogen-bond donors (Lipinski definition) is 2. The van der Waals surface area contributed by atoms with Gasteiger partial charge in [-0.1, -0.05) is 44.0 Å². The number of benzene rings is 2. The molecular weight excluding hydrogens is 438 g/mol. The van der Waals surface area contributed by atoms with E-state index in [1.165, 1.54) is 0 Å². The fourth-order valence-corrected chi connectivity index (χ4v) is 2.49. The third kappa shape index (κ3) is 6.64. The Bertz CT molecular complexity index is 746. The summed E-state index contributed by atoms with van der Waals surface area (Å²) in [5, 5.41) is 6.60. The Kier molecular flexibility index (Phi) is 7.14. The van der Waals surface area contributed by atoms with Gasteiger partial charge in [-0.3, -0.25) is 9.59 Å². The molecule has 7 heteroatoms. The zero-order chi connectivity index (χ0) is 17.4. The van der Waals surface area contributed by atoms with E-state index < -0.39 is 0 Å². The number of hydrogen-bond acceptors (Lipinski definition) is 3. The van der Waals surface area contributed by atoms with Gasteiger partial charge in [0, 0.05) is 27.5 Å². The minimum Gasteiger partial charge on any atom is -0.326 e. The molecule has 5 nitrogen and oxygen atoms in total. The largest absolute Gasteiger partial charge is 0.326 e. The van der Waals surface area contributed by atoms with E-state index in [1.54, 1.807) is 18.3 Å². The maximum atomic E-state index is 11.8. The molecule has 0 atom stereocenters. The lowest BCUT2D eigenvalue weighted by Gasteiger charge is -2.04. The fraction of sp³-hybridized carbons (Fsp3) is 0.118. The first-order valence-electron chi connectivity index (χ1n) is 7.16. The van der Waals surface area contributed by atoms with Crippen LogP contribution in [0.4, 0.5) is 5.69 Å². The molecule has 0 radical (unpaired) electrons. The van der Waals surface area contributed by atoms with Crippen molar-refractivity contribution in [3.63, 3.8) is 0 Å². The summed E-state index contributed by atoms with van der Waals surface area (Å²) in [6.07, 6.45) is 1.71. The molecule has 0 aliphatic carbocycles. The first kappa shape index (κ1) is 18.4. The van der Waals surface area contributed by atoms with Crippen LogP contribution in [0.5, 0.6) is 0 Å². The van der Waals surface area contributed by atoms with Crippen molar-refractivity contribution in [2.24, 2.45) is 5.10 Å². The second-order valence-corrected chi connectivity index (χ2v) is 6.73. The van der Waals surface area contributed by atoms with Crippen molar-refractivity contribution < 1.29 is 9.59 Å². The van der Waals surface area contributed by atoms with Crippen LogP contribution < -0.4 is 10.7 Å². The number of nitrogens with one attached hydrogen (secondary N) is 2. The Hall–Kier alpha value is -1.99. The van der Waals surface area contributed by atoms with Gasteiger partial charge in [-0.2, -0.15) is 5.10 Å². The van der Waals surface area contributed by atoms with Crippen molar-refractivity contribution >= 4 is 55.6 Å². The molecule has 0 aromatic heterocycles. The highest BCUT2D eigenvalue weighted by atomic mass is 79.9. The van der Waals surface area contributed by atoms with Gasteiger partial charge in [0.1, 0.15) is 0 Å². The summed E-state index contributed by atoms with van der Waals surface area (Å²) in [6, 6.07) is 14.7. The molecule has 0 bridgehead atoms. The topological polar surface area (TPSA) is 70.6 Å². The predicted molar refractivity (Wildman–Crippen MR) is 102 cm³/mol. The first-order chi connectivity index (χ1) is 11.5. The third-order valence-electron chi connectivity index (χ3n) is 2.96. The number of amides is 2. The first-order valence-corrected chi connectivity index (χ1v) is 8.74. The van der Waals surface area contributed by atoms with Crippen LogP contribution >= 0.6 is 31.9 Å². The Morgan fingerprint density at radius 3 is 2.38 bits per heavy atom. The molecule has 0 aliphatic rings. The molecule has 0 saturated carbocycles. The molecule has 0 unspecified atom stereocenters. The lowest BCUT2D eigenvalue weighted by Crippen LogP contribution is -2.20. The zero-order valence-corrected chi connectivity index (χ0v) is 15.8. The SMILES string of the molecule is O=C(CCC(=O)Nc1ccc(Br)cc1)N/N=C/c1cccc(Br)c1. The number of nitrogens with zero attached hydrogens (tertiary/aromatic N) is 1. The molecule has 2 N–H and O–H groups in total. The number of halogens is 2. The van der Waals surface area contributed by atoms with Crippen LogP contribution in [-0.4, -0.2) is 18.0 Å². The summed E-state index contributed by atoms with van der Waals surface area (Å²) >= 11 is 6.68. The van der Waals surface area contributed by atoms with Crippen LogP contribution in [0.1, 0.15) is 18.4 Å². The minimum absolute atomic E-state index is 0.0676. The van der Waals surface area contributed by atoms with Crippen molar-refractivity contribution in [1.82, 2.24) is 5.43 Å². The van der Waals surface area contributed by atoms with E-state index >= 15 is 0 Å². The predicted octanol–water partition coefficient (Wildman–Crippen LogP) is 4.08. The lowest BCUT2D eigenvalue weighted by molar-refractivity contribution is -0.124. The van der Waals surface area contributed by atoms with Gasteiger partial charge in [-0.05, 0) is 42.0 Å². The van der Waals surface area contributed by atoms with Crippen LogP contribution in [0.2, 0.25) is 0 Å². The summed E-state index contributed by atoms with van der Waals surface area (Å²) in [7, 11) is 0. The molecule has 2 amide bonds. The maximum absolute atomic E-state index is 11.8. The van der Waals surface area contributed by atoms with E-state index in [-0.39, 0.29) is 24.7 Å². The lowest BCUT2D eigenvalue weighted by atomic mass is 10.2. The van der Waals surface area contributed by atoms with Crippen molar-refractivity contribution in [3.05, 3.63) is 63.0 Å². The van der Waals surface area contributed by atoms with Gasteiger partial charge in [-0.25, -0.2) is 5.43 Å². The number of rotatable bonds is 6. The van der Waals surface area contributed by atoms with E-state index in [1.807, 2.05) is 36.4 Å². The highest BCUT2D eigenvalue weighted by molar-refractivity contribution is 9.10. The molecule has 2 rings (SSSR count). The Balaban J connectivity index is 1.72. The smallest absolute Gasteiger partial charge is 0.240 e. The summed E-state index contributed by atoms with van der Waals surface area (Å²) in [6.45, 7) is 0. The van der Waals surface area contributed by atoms with Gasteiger partial charge in [0.05, 0.1) is 6.21 Å². The Morgan fingerprint density at radius 2 is 1.67 bits per heavy atom. The van der Waals surface area contributed by atoms with Crippen molar-refractivity contribution in [2.45, 2.75) is 12.8 Å². The van der Waals surface area contributed by atoms with Crippen LogP contribution in [0.3, 0.4) is 0 Å². The van der Waals surface area contributed by atoms with Crippen LogP contribution in [0.15, 0.2) is 62.6 Å². The van der Waals surface area contributed by atoms with E-state index in [0.717, 1.165) is 14.5 Å². The molecule has 0 heterocycles. The molecular formula is C17H15Br2N3O2. The van der Waals surface area contributed by atoms with Crippen LogP contribution in [-0.2, 0) is 9.59 Å². The number of anilines is 1. The minimum atomic E-state index is -0.313. The van der Waals surface area contributed by atoms with Crippen molar-refractivity contribution in [3.8, 4) is 0 Å². The van der Waals surface area contributed by atoms with E-state index in [4.69, 9.17) is 0 Å². The summed E-state index contributed by atoms with van der Waals surface area (Å²) < 4.78 is 1.87. The van der Waals surface area contributed by atoms with Crippen LogP contribution in [0.25, 0.3) is 0 Å². The van der Waals surface area contributed by atoms with Gasteiger partial charge in [0.2, 0.25) is 11.8 Å². The molecule has 2 aromatic carbocycles. The average Bonchev–Trinajstić information content (AvgIpc) is 2.55. The molecule has 0 spiro atoms. The quantitative estimate of drug-likeness (QED) is 0.512. The fourth-order valence-electron chi connectivity index (χ4n) is 1.81.